The zero-order valence-electron chi connectivity index (χ0n) is 29.0. The van der Waals surface area contributed by atoms with Gasteiger partial charge in [0.2, 0.25) is 0 Å². The number of carboxylic acid groups (broad SMARTS) is 1. The molecule has 4 heteroatoms. The summed E-state index contributed by atoms with van der Waals surface area (Å²) >= 11 is 0. The lowest BCUT2D eigenvalue weighted by molar-refractivity contribution is -0.151. The van der Waals surface area contributed by atoms with Gasteiger partial charge in [0.05, 0.1) is 0 Å². The fraction of sp³-hybridized carbons (Fsp3) is 0.750. The Morgan fingerprint density at radius 3 is 1.45 bits per heavy atom. The zero-order chi connectivity index (χ0) is 32.2. The third kappa shape index (κ3) is 34.4. The van der Waals surface area contributed by atoms with Crippen LogP contribution in [0, 0.1) is 0 Å². The first-order valence-electron chi connectivity index (χ1n) is 18.6. The minimum Gasteiger partial charge on any atom is -0.481 e. The molecule has 4 nitrogen and oxygen atoms in total. The van der Waals surface area contributed by atoms with Crippen molar-refractivity contribution in [3.8, 4) is 0 Å². The second-order valence-corrected chi connectivity index (χ2v) is 12.4. The molecule has 0 aromatic carbocycles. The summed E-state index contributed by atoms with van der Waals surface area (Å²) in [6, 6.07) is 0. The molecule has 0 spiro atoms. The Morgan fingerprint density at radius 1 is 0.523 bits per heavy atom. The second-order valence-electron chi connectivity index (χ2n) is 12.4. The number of unbranched alkanes of at least 4 members (excludes halogenated alkanes) is 17. The fourth-order valence-electron chi connectivity index (χ4n) is 5.34. The lowest BCUT2D eigenvalue weighted by Gasteiger charge is -2.17. The maximum Gasteiger partial charge on any atom is 0.306 e. The third-order valence-corrected chi connectivity index (χ3v) is 8.08. The van der Waals surface area contributed by atoms with E-state index in [-0.39, 0.29) is 18.5 Å². The predicted molar refractivity (Wildman–Crippen MR) is 190 cm³/mol. The van der Waals surface area contributed by atoms with Crippen LogP contribution < -0.4 is 0 Å². The van der Waals surface area contributed by atoms with Crippen molar-refractivity contribution in [2.75, 3.05) is 0 Å². The van der Waals surface area contributed by atoms with E-state index in [2.05, 4.69) is 62.5 Å². The predicted octanol–water partition coefficient (Wildman–Crippen LogP) is 12.8. The molecular formula is C40H70O4. The van der Waals surface area contributed by atoms with Crippen LogP contribution in [0.25, 0.3) is 0 Å². The lowest BCUT2D eigenvalue weighted by atomic mass is 10.0. The molecule has 0 rings (SSSR count). The molecule has 0 amide bonds. The van der Waals surface area contributed by atoms with E-state index in [1.807, 2.05) is 0 Å². The van der Waals surface area contributed by atoms with E-state index >= 15 is 0 Å². The van der Waals surface area contributed by atoms with Crippen LogP contribution in [0.1, 0.15) is 187 Å². The summed E-state index contributed by atoms with van der Waals surface area (Å²) in [5.41, 5.74) is 0. The van der Waals surface area contributed by atoms with E-state index < -0.39 is 5.97 Å². The third-order valence-electron chi connectivity index (χ3n) is 8.08. The molecule has 44 heavy (non-hydrogen) atoms. The van der Waals surface area contributed by atoms with E-state index in [4.69, 9.17) is 9.84 Å². The molecule has 0 aliphatic carbocycles. The van der Waals surface area contributed by atoms with Crippen molar-refractivity contribution >= 4 is 11.9 Å². The Bertz CT molecular complexity index is 748. The SMILES string of the molecule is CC/C=C\C/C=C\C/C=C\C/C=C\CCCCC(=O)OC(CCCCCCCCCCCCCCCCCC)CCC(=O)O. The maximum absolute atomic E-state index is 12.4. The molecule has 0 heterocycles. The number of aliphatic carboxylic acids is 1. The first-order valence-corrected chi connectivity index (χ1v) is 18.6. The number of ether oxygens (including phenoxy) is 1. The highest BCUT2D eigenvalue weighted by Gasteiger charge is 2.15. The second kappa shape index (κ2) is 35.4. The van der Waals surface area contributed by atoms with E-state index in [1.54, 1.807) is 0 Å². The number of carbonyl (C=O) groups excluding carboxylic acids is 1. The summed E-state index contributed by atoms with van der Waals surface area (Å²) < 4.78 is 5.71. The summed E-state index contributed by atoms with van der Waals surface area (Å²) in [6.45, 7) is 4.42. The zero-order valence-corrected chi connectivity index (χ0v) is 29.0. The summed E-state index contributed by atoms with van der Waals surface area (Å²) in [4.78, 5) is 23.5. The van der Waals surface area contributed by atoms with Crippen LogP contribution in [0.5, 0.6) is 0 Å². The van der Waals surface area contributed by atoms with Gasteiger partial charge in [0, 0.05) is 12.8 Å². The molecule has 0 fully saturated rings. The molecular weight excluding hydrogens is 544 g/mol. The highest BCUT2D eigenvalue weighted by atomic mass is 16.5. The van der Waals surface area contributed by atoms with Crippen LogP contribution in [0.2, 0.25) is 0 Å². The van der Waals surface area contributed by atoms with Crippen LogP contribution in [-0.2, 0) is 14.3 Å². The molecule has 0 aliphatic rings. The molecule has 1 N–H and O–H groups in total. The smallest absolute Gasteiger partial charge is 0.306 e. The van der Waals surface area contributed by atoms with E-state index in [0.29, 0.717) is 12.8 Å². The van der Waals surface area contributed by atoms with Gasteiger partial charge >= 0.3 is 11.9 Å². The molecule has 0 bridgehead atoms. The molecule has 0 aromatic rings. The quantitative estimate of drug-likeness (QED) is 0.0454. The average molecular weight is 615 g/mol. The minimum atomic E-state index is -0.823. The highest BCUT2D eigenvalue weighted by Crippen LogP contribution is 2.17. The van der Waals surface area contributed by atoms with E-state index in [9.17, 15) is 9.59 Å². The fourth-order valence-corrected chi connectivity index (χ4v) is 5.34. The van der Waals surface area contributed by atoms with Gasteiger partial charge in [0.25, 0.3) is 0 Å². The van der Waals surface area contributed by atoms with Crippen molar-refractivity contribution in [3.63, 3.8) is 0 Å². The molecule has 1 atom stereocenters. The Morgan fingerprint density at radius 2 is 0.977 bits per heavy atom. The van der Waals surface area contributed by atoms with Crippen LogP contribution in [0.15, 0.2) is 48.6 Å². The van der Waals surface area contributed by atoms with Gasteiger partial charge in [0.15, 0.2) is 0 Å². The Balaban J connectivity index is 3.83. The normalized spacial score (nSPS) is 12.8. The van der Waals surface area contributed by atoms with Gasteiger partial charge < -0.3 is 9.84 Å². The minimum absolute atomic E-state index is 0.0582. The number of carboxylic acids is 1. The van der Waals surface area contributed by atoms with Crippen LogP contribution in [0.4, 0.5) is 0 Å². The number of esters is 1. The Kier molecular flexibility index (Phi) is 33.7. The number of hydrogen-bond donors (Lipinski definition) is 1. The monoisotopic (exact) mass is 615 g/mol. The topological polar surface area (TPSA) is 63.6 Å². The van der Waals surface area contributed by atoms with Crippen LogP contribution in [0.3, 0.4) is 0 Å². The van der Waals surface area contributed by atoms with E-state index in [1.165, 1.54) is 89.9 Å². The van der Waals surface area contributed by atoms with Gasteiger partial charge in [0.1, 0.15) is 6.10 Å². The summed E-state index contributed by atoms with van der Waals surface area (Å²) in [5, 5.41) is 9.10. The van der Waals surface area contributed by atoms with Crippen molar-refractivity contribution in [2.45, 2.75) is 193 Å². The van der Waals surface area contributed by atoms with Gasteiger partial charge in [-0.25, -0.2) is 0 Å². The number of rotatable bonds is 33. The van der Waals surface area contributed by atoms with Gasteiger partial charge in [-0.2, -0.15) is 0 Å². The first-order chi connectivity index (χ1) is 21.6. The van der Waals surface area contributed by atoms with Crippen molar-refractivity contribution in [2.24, 2.45) is 0 Å². The molecule has 0 aromatic heterocycles. The van der Waals surface area contributed by atoms with Gasteiger partial charge in [-0.3, -0.25) is 9.59 Å². The van der Waals surface area contributed by atoms with Gasteiger partial charge in [-0.1, -0.05) is 159 Å². The number of allylic oxidation sites excluding steroid dienone is 8. The Hall–Kier alpha value is -2.10. The number of hydrogen-bond acceptors (Lipinski definition) is 3. The van der Waals surface area contributed by atoms with Gasteiger partial charge in [-0.15, -0.1) is 0 Å². The summed E-state index contributed by atoms with van der Waals surface area (Å²) in [6.07, 6.45) is 47.0. The summed E-state index contributed by atoms with van der Waals surface area (Å²) in [7, 11) is 0. The summed E-state index contributed by atoms with van der Waals surface area (Å²) in [5.74, 6) is -1.00. The van der Waals surface area contributed by atoms with Crippen molar-refractivity contribution < 1.29 is 19.4 Å². The van der Waals surface area contributed by atoms with Crippen LogP contribution in [-0.4, -0.2) is 23.1 Å². The van der Waals surface area contributed by atoms with Crippen molar-refractivity contribution in [1.29, 1.82) is 0 Å². The molecule has 0 radical (unpaired) electrons. The first kappa shape index (κ1) is 41.9. The van der Waals surface area contributed by atoms with Crippen molar-refractivity contribution in [1.82, 2.24) is 0 Å². The molecule has 0 aliphatic heterocycles. The van der Waals surface area contributed by atoms with Crippen molar-refractivity contribution in [3.05, 3.63) is 48.6 Å². The Labute approximate surface area is 272 Å². The maximum atomic E-state index is 12.4. The molecule has 0 saturated carbocycles. The van der Waals surface area contributed by atoms with Gasteiger partial charge in [-0.05, 0) is 64.2 Å². The number of carbonyl (C=O) groups is 2. The molecule has 254 valence electrons. The van der Waals surface area contributed by atoms with Crippen LogP contribution >= 0.6 is 0 Å². The lowest BCUT2D eigenvalue weighted by Crippen LogP contribution is -2.19. The standard InChI is InChI=1S/C40H70O4/c1-3-5-7-9-11-13-15-17-19-21-22-24-26-28-30-32-34-38(36-37-39(41)42)44-40(43)35-33-31-29-27-25-23-20-18-16-14-12-10-8-6-4-2/h6,8,12,14,18,20,25,27,38H,3-5,7,9-11,13,15-17,19,21-24,26,28-37H2,1-2H3,(H,41,42)/b8-6-,14-12-,20-18-,27-25-. The molecule has 1 unspecified atom stereocenters. The largest absolute Gasteiger partial charge is 0.481 e. The highest BCUT2D eigenvalue weighted by molar-refractivity contribution is 5.69. The average Bonchev–Trinajstić information content (AvgIpc) is 3.01. The van der Waals surface area contributed by atoms with E-state index in [0.717, 1.165) is 64.2 Å². The molecule has 0 saturated heterocycles.